The number of hydrogen-bond acceptors (Lipinski definition) is 4. The standard InChI is InChI=1S/C18H29N5O2/c1-4-7-17(20-15(3)24)18(25)22-9-6-8-21(10-11-22)13-16-12-19-23(5-2)14-16/h4,12,14,17H,1,5-11,13H2,2-3H3,(H,20,24)/t17-/m1/s1. The molecule has 2 amide bonds. The molecule has 0 saturated carbocycles. The van der Waals surface area contributed by atoms with Crippen LogP contribution in [-0.2, 0) is 22.7 Å². The van der Waals surface area contributed by atoms with Crippen LogP contribution in [0.1, 0.15) is 32.3 Å². The Morgan fingerprint density at radius 3 is 2.80 bits per heavy atom. The van der Waals surface area contributed by atoms with Gasteiger partial charge in [0, 0.05) is 58.0 Å². The molecule has 1 fully saturated rings. The van der Waals surface area contributed by atoms with Gasteiger partial charge in [-0.25, -0.2) is 0 Å². The molecule has 1 aromatic heterocycles. The van der Waals surface area contributed by atoms with Crippen LogP contribution < -0.4 is 5.32 Å². The monoisotopic (exact) mass is 347 g/mol. The minimum absolute atomic E-state index is 0.0178. The average molecular weight is 347 g/mol. The average Bonchev–Trinajstić information content (AvgIpc) is 2.90. The van der Waals surface area contributed by atoms with Crippen LogP contribution in [0, 0.1) is 0 Å². The summed E-state index contributed by atoms with van der Waals surface area (Å²) in [7, 11) is 0. The van der Waals surface area contributed by atoms with E-state index in [1.54, 1.807) is 6.08 Å². The number of aromatic nitrogens is 2. The Morgan fingerprint density at radius 1 is 1.36 bits per heavy atom. The first kappa shape index (κ1) is 19.2. The SMILES string of the molecule is C=CC[C@@H](NC(C)=O)C(=O)N1CCCN(Cc2cnn(CC)c2)CC1. The minimum atomic E-state index is -0.510. The largest absolute Gasteiger partial charge is 0.344 e. The van der Waals surface area contributed by atoms with E-state index in [4.69, 9.17) is 0 Å². The number of rotatable bonds is 7. The van der Waals surface area contributed by atoms with Crippen LogP contribution in [0.4, 0.5) is 0 Å². The molecule has 138 valence electrons. The minimum Gasteiger partial charge on any atom is -0.344 e. The second-order valence-corrected chi connectivity index (χ2v) is 6.44. The third-order valence-corrected chi connectivity index (χ3v) is 4.40. The first-order valence-electron chi connectivity index (χ1n) is 8.94. The molecule has 7 nitrogen and oxygen atoms in total. The Kier molecular flexibility index (Phi) is 7.18. The van der Waals surface area contributed by atoms with Crippen molar-refractivity contribution in [2.45, 2.75) is 45.8 Å². The normalized spacial score (nSPS) is 17.0. The topological polar surface area (TPSA) is 70.5 Å². The number of carbonyl (C=O) groups excluding carboxylic acids is 2. The Labute approximate surface area is 149 Å². The van der Waals surface area contributed by atoms with Crippen LogP contribution in [0.5, 0.6) is 0 Å². The number of nitrogens with one attached hydrogen (secondary N) is 1. The Balaban J connectivity index is 1.91. The van der Waals surface area contributed by atoms with Crippen molar-refractivity contribution < 1.29 is 9.59 Å². The summed E-state index contributed by atoms with van der Waals surface area (Å²) in [6.07, 6.45) is 7.04. The van der Waals surface area contributed by atoms with Crippen LogP contribution >= 0.6 is 0 Å². The van der Waals surface area contributed by atoms with Gasteiger partial charge in [0.1, 0.15) is 6.04 Å². The van der Waals surface area contributed by atoms with Gasteiger partial charge >= 0.3 is 0 Å². The van der Waals surface area contributed by atoms with Crippen LogP contribution in [0.2, 0.25) is 0 Å². The molecule has 1 aliphatic rings. The number of nitrogens with zero attached hydrogens (tertiary/aromatic N) is 4. The molecule has 0 spiro atoms. The van der Waals surface area contributed by atoms with Crippen LogP contribution in [0.15, 0.2) is 25.0 Å². The lowest BCUT2D eigenvalue weighted by molar-refractivity contribution is -0.135. The zero-order valence-corrected chi connectivity index (χ0v) is 15.3. The van der Waals surface area contributed by atoms with Crippen molar-refractivity contribution in [1.82, 2.24) is 24.9 Å². The van der Waals surface area contributed by atoms with Crippen molar-refractivity contribution in [3.63, 3.8) is 0 Å². The second-order valence-electron chi connectivity index (χ2n) is 6.44. The third kappa shape index (κ3) is 5.70. The molecule has 25 heavy (non-hydrogen) atoms. The van der Waals surface area contributed by atoms with Gasteiger partial charge in [0.05, 0.1) is 6.20 Å². The molecule has 7 heteroatoms. The quantitative estimate of drug-likeness (QED) is 0.748. The van der Waals surface area contributed by atoms with E-state index in [9.17, 15) is 9.59 Å². The fourth-order valence-corrected chi connectivity index (χ4v) is 3.12. The third-order valence-electron chi connectivity index (χ3n) is 4.40. The van der Waals surface area contributed by atoms with Crippen molar-refractivity contribution >= 4 is 11.8 Å². The maximum absolute atomic E-state index is 12.7. The van der Waals surface area contributed by atoms with Gasteiger partial charge in [0.25, 0.3) is 0 Å². The first-order chi connectivity index (χ1) is 12.0. The summed E-state index contributed by atoms with van der Waals surface area (Å²) in [5.74, 6) is -0.208. The molecule has 1 saturated heterocycles. The number of amides is 2. The van der Waals surface area contributed by atoms with Crippen LogP contribution in [0.3, 0.4) is 0 Å². The van der Waals surface area contributed by atoms with Crippen molar-refractivity contribution in [1.29, 1.82) is 0 Å². The molecule has 0 aromatic carbocycles. The lowest BCUT2D eigenvalue weighted by Crippen LogP contribution is -2.48. The smallest absolute Gasteiger partial charge is 0.245 e. The highest BCUT2D eigenvalue weighted by molar-refractivity contribution is 5.87. The Hall–Kier alpha value is -2.15. The van der Waals surface area contributed by atoms with Crippen LogP contribution in [0.25, 0.3) is 0 Å². The number of hydrogen-bond donors (Lipinski definition) is 1. The van der Waals surface area contributed by atoms with E-state index < -0.39 is 6.04 Å². The van der Waals surface area contributed by atoms with Crippen LogP contribution in [-0.4, -0.2) is 63.6 Å². The lowest BCUT2D eigenvalue weighted by atomic mass is 10.1. The fourth-order valence-electron chi connectivity index (χ4n) is 3.12. The molecule has 0 radical (unpaired) electrons. The molecule has 2 heterocycles. The molecular formula is C18H29N5O2. The maximum Gasteiger partial charge on any atom is 0.245 e. The molecular weight excluding hydrogens is 318 g/mol. The van der Waals surface area contributed by atoms with Gasteiger partial charge in [0.2, 0.25) is 11.8 Å². The molecule has 1 atom stereocenters. The van der Waals surface area contributed by atoms with Gasteiger partial charge in [-0.1, -0.05) is 6.08 Å². The second kappa shape index (κ2) is 9.36. The van der Waals surface area contributed by atoms with Gasteiger partial charge in [0.15, 0.2) is 0 Å². The molecule has 0 bridgehead atoms. The van der Waals surface area contributed by atoms with Gasteiger partial charge < -0.3 is 10.2 Å². The predicted octanol–water partition coefficient (Wildman–Crippen LogP) is 1.02. The number of carbonyl (C=O) groups is 2. The molecule has 0 unspecified atom stereocenters. The van der Waals surface area contributed by atoms with Crippen molar-refractivity contribution in [3.05, 3.63) is 30.6 Å². The van der Waals surface area contributed by atoms with Crippen molar-refractivity contribution in [3.8, 4) is 0 Å². The molecule has 1 aromatic rings. The summed E-state index contributed by atoms with van der Waals surface area (Å²) in [6.45, 7) is 12.1. The highest BCUT2D eigenvalue weighted by Crippen LogP contribution is 2.11. The van der Waals surface area contributed by atoms with E-state index in [2.05, 4.69) is 35.0 Å². The van der Waals surface area contributed by atoms with Gasteiger partial charge in [-0.15, -0.1) is 6.58 Å². The summed E-state index contributed by atoms with van der Waals surface area (Å²) in [5, 5.41) is 7.05. The summed E-state index contributed by atoms with van der Waals surface area (Å²) < 4.78 is 1.93. The van der Waals surface area contributed by atoms with Gasteiger partial charge in [-0.2, -0.15) is 5.10 Å². The lowest BCUT2D eigenvalue weighted by Gasteiger charge is -2.26. The highest BCUT2D eigenvalue weighted by Gasteiger charge is 2.26. The number of aryl methyl sites for hydroxylation is 1. The van der Waals surface area contributed by atoms with E-state index >= 15 is 0 Å². The fraction of sp³-hybridized carbons (Fsp3) is 0.611. The first-order valence-corrected chi connectivity index (χ1v) is 8.94. The predicted molar refractivity (Wildman–Crippen MR) is 96.8 cm³/mol. The molecule has 1 aliphatic heterocycles. The van der Waals surface area contributed by atoms with E-state index in [1.807, 2.05) is 15.8 Å². The zero-order valence-electron chi connectivity index (χ0n) is 15.3. The van der Waals surface area contributed by atoms with E-state index in [1.165, 1.54) is 12.5 Å². The summed E-state index contributed by atoms with van der Waals surface area (Å²) in [4.78, 5) is 28.3. The van der Waals surface area contributed by atoms with E-state index in [0.29, 0.717) is 13.0 Å². The Bertz CT molecular complexity index is 598. The highest BCUT2D eigenvalue weighted by atomic mass is 16.2. The van der Waals surface area contributed by atoms with Crippen molar-refractivity contribution in [2.75, 3.05) is 26.2 Å². The van der Waals surface area contributed by atoms with E-state index in [0.717, 1.165) is 39.1 Å². The summed E-state index contributed by atoms with van der Waals surface area (Å²) >= 11 is 0. The van der Waals surface area contributed by atoms with E-state index in [-0.39, 0.29) is 11.8 Å². The molecule has 2 rings (SSSR count). The summed E-state index contributed by atoms with van der Waals surface area (Å²) in [6, 6.07) is -0.510. The summed E-state index contributed by atoms with van der Waals surface area (Å²) in [5.41, 5.74) is 1.20. The van der Waals surface area contributed by atoms with Gasteiger partial charge in [-0.05, 0) is 19.8 Å². The zero-order chi connectivity index (χ0) is 18.2. The maximum atomic E-state index is 12.7. The van der Waals surface area contributed by atoms with Gasteiger partial charge in [-0.3, -0.25) is 19.2 Å². The molecule has 0 aliphatic carbocycles. The molecule has 1 N–H and O–H groups in total. The Morgan fingerprint density at radius 2 is 2.16 bits per heavy atom. The van der Waals surface area contributed by atoms with Crippen molar-refractivity contribution in [2.24, 2.45) is 0 Å².